The van der Waals surface area contributed by atoms with Crippen molar-refractivity contribution in [1.29, 1.82) is 0 Å². The number of carbonyl (C=O) groups excluding carboxylic acids is 9. The van der Waals surface area contributed by atoms with Gasteiger partial charge in [0.15, 0.2) is 34.5 Å². The molecule has 0 radical (unpaired) electrons. The van der Waals surface area contributed by atoms with Crippen molar-refractivity contribution in [2.45, 2.75) is 38.2 Å². The number of para-hydroxylation sites is 3. The van der Waals surface area contributed by atoms with Gasteiger partial charge in [-0.15, -0.1) is 5.10 Å². The standard InChI is InChI=1S/C54H62FN13O18/c1-30(69)56-23-33-28-68(54(83)86-33)32-11-12-40(37(55)21-32)65-13-15-66(16-14-65)45(74)29-85-20-19-84-18-17-67-27-31(63-64-67)22-58-52(81)39(62-51(80)36-7-4-10-43(72)48(36)77)25-59-53(82)38(61-50(79)35-6-3-9-42(71)47(35)76)24-57-44(73)26-60-49(78)34-5-2-8-41(70)46(34)75/h2-12,21,27,33,38-39,70-72,75-77H,13-20,22-26,28-29H2,1H3,(H,56,69)(H,57,73)(H,58,81)(H,59,82)(H,60,78)(H,61,79)(H,62,80)/t33-,38-,39-/m0/s1. The molecular formula is C54H62FN13O18. The molecule has 4 aromatic carbocycles. The summed E-state index contributed by atoms with van der Waals surface area (Å²) < 4.78 is 33.2. The maximum absolute atomic E-state index is 15.3. The molecule has 32 heteroatoms. The van der Waals surface area contributed by atoms with Crippen molar-refractivity contribution >= 4 is 64.7 Å². The van der Waals surface area contributed by atoms with Crippen LogP contribution in [0.25, 0.3) is 0 Å². The lowest BCUT2D eigenvalue weighted by atomic mass is 10.1. The van der Waals surface area contributed by atoms with Crippen molar-refractivity contribution in [1.82, 2.24) is 57.1 Å². The number of aromatic hydroxyl groups is 6. The number of nitrogens with one attached hydrogen (secondary N) is 7. The van der Waals surface area contributed by atoms with E-state index in [1.165, 1.54) is 53.0 Å². The Morgan fingerprint density at radius 2 is 1.26 bits per heavy atom. The van der Waals surface area contributed by atoms with E-state index in [0.717, 1.165) is 30.3 Å². The minimum absolute atomic E-state index is 0.0762. The van der Waals surface area contributed by atoms with Crippen LogP contribution in [-0.4, -0.2) is 207 Å². The van der Waals surface area contributed by atoms with Crippen LogP contribution in [0.4, 0.5) is 20.6 Å². The maximum atomic E-state index is 15.3. The minimum Gasteiger partial charge on any atom is -0.504 e. The molecule has 2 saturated heterocycles. The lowest BCUT2D eigenvalue weighted by Gasteiger charge is -2.36. The van der Waals surface area contributed by atoms with Gasteiger partial charge in [0.2, 0.25) is 29.5 Å². The number of phenols is 6. The van der Waals surface area contributed by atoms with Crippen LogP contribution in [0, 0.1) is 5.82 Å². The van der Waals surface area contributed by atoms with Gasteiger partial charge in [-0.2, -0.15) is 0 Å². The number of benzene rings is 4. The van der Waals surface area contributed by atoms with Crippen molar-refractivity contribution in [3.05, 3.63) is 107 Å². The Morgan fingerprint density at radius 3 is 1.85 bits per heavy atom. The number of phenolic OH excluding ortho intramolecular Hbond substituents is 6. The first-order valence-corrected chi connectivity index (χ1v) is 26.5. The number of ether oxygens (including phenoxy) is 3. The van der Waals surface area contributed by atoms with Gasteiger partial charge in [-0.05, 0) is 54.6 Å². The molecule has 2 aliphatic rings. The Kier molecular flexibility index (Phi) is 21.8. The number of halogens is 1. The smallest absolute Gasteiger partial charge is 0.414 e. The van der Waals surface area contributed by atoms with Gasteiger partial charge in [0, 0.05) is 46.2 Å². The van der Waals surface area contributed by atoms with Crippen LogP contribution in [0.3, 0.4) is 0 Å². The van der Waals surface area contributed by atoms with Crippen LogP contribution in [0.15, 0.2) is 79.0 Å². The quantitative estimate of drug-likeness (QED) is 0.0207. The third kappa shape index (κ3) is 17.1. The Morgan fingerprint density at radius 1 is 0.686 bits per heavy atom. The number of rotatable bonds is 27. The zero-order valence-corrected chi connectivity index (χ0v) is 46.0. The molecule has 31 nitrogen and oxygen atoms in total. The Hall–Kier alpha value is -10.5. The van der Waals surface area contributed by atoms with Crippen LogP contribution in [-0.2, 0) is 51.3 Å². The summed E-state index contributed by atoms with van der Waals surface area (Å²) >= 11 is 0. The highest BCUT2D eigenvalue weighted by Crippen LogP contribution is 2.31. The molecule has 458 valence electrons. The summed E-state index contributed by atoms with van der Waals surface area (Å²) in [6.07, 6.45) is 0.258. The van der Waals surface area contributed by atoms with Gasteiger partial charge in [-0.3, -0.25) is 43.3 Å². The molecule has 2 aliphatic heterocycles. The molecule has 0 bridgehead atoms. The molecule has 13 N–H and O–H groups in total. The van der Waals surface area contributed by atoms with Gasteiger partial charge >= 0.3 is 6.09 Å². The van der Waals surface area contributed by atoms with E-state index in [9.17, 15) is 73.8 Å². The van der Waals surface area contributed by atoms with Crippen molar-refractivity contribution in [2.24, 2.45) is 0 Å². The van der Waals surface area contributed by atoms with Gasteiger partial charge in [-0.25, -0.2) is 13.9 Å². The Bertz CT molecular complexity index is 3320. The average Bonchev–Trinajstić information content (AvgIpc) is 2.43. The van der Waals surface area contributed by atoms with Crippen LogP contribution in [0.1, 0.15) is 43.7 Å². The highest BCUT2D eigenvalue weighted by Gasteiger charge is 2.34. The highest BCUT2D eigenvalue weighted by atomic mass is 19.1. The van der Waals surface area contributed by atoms with E-state index in [1.807, 2.05) is 0 Å². The largest absolute Gasteiger partial charge is 0.504 e. The summed E-state index contributed by atoms with van der Waals surface area (Å²) in [5, 5.41) is 85.3. The fourth-order valence-electron chi connectivity index (χ4n) is 8.57. The summed E-state index contributed by atoms with van der Waals surface area (Å²) in [4.78, 5) is 121. The van der Waals surface area contributed by atoms with E-state index in [0.29, 0.717) is 37.6 Å². The van der Waals surface area contributed by atoms with Crippen molar-refractivity contribution in [2.75, 3.05) is 95.1 Å². The molecule has 0 unspecified atom stereocenters. The molecule has 2 fully saturated rings. The molecule has 0 saturated carbocycles. The summed E-state index contributed by atoms with van der Waals surface area (Å²) in [5.41, 5.74) is -0.449. The van der Waals surface area contributed by atoms with E-state index in [-0.39, 0.29) is 75.7 Å². The van der Waals surface area contributed by atoms with Gasteiger partial charge in [0.05, 0.1) is 86.8 Å². The zero-order valence-electron chi connectivity index (χ0n) is 46.0. The first-order valence-electron chi connectivity index (χ1n) is 26.5. The second-order valence-corrected chi connectivity index (χ2v) is 19.2. The van der Waals surface area contributed by atoms with Crippen molar-refractivity contribution in [3.63, 3.8) is 0 Å². The Balaban J connectivity index is 0.860. The molecule has 7 rings (SSSR count). The van der Waals surface area contributed by atoms with E-state index in [1.54, 1.807) is 21.9 Å². The van der Waals surface area contributed by atoms with Crippen LogP contribution in [0.2, 0.25) is 0 Å². The molecular weight excluding hydrogens is 1140 g/mol. The lowest BCUT2D eigenvalue weighted by Crippen LogP contribution is -2.57. The molecule has 0 spiro atoms. The van der Waals surface area contributed by atoms with E-state index in [4.69, 9.17) is 14.2 Å². The number of cyclic esters (lactones) is 1. The van der Waals surface area contributed by atoms with Gasteiger partial charge < -0.3 is 91.9 Å². The SMILES string of the molecule is CC(=O)NC[C@H]1CN(c2ccc(N3CCN(C(=O)COCCOCCn4cc(CNC(=O)[C@H](CNC(=O)[C@H](CNC(=O)CNC(=O)c5cccc(O)c5O)NC(=O)c5cccc(O)c5O)NC(=O)c5cccc(O)c5O)nn4)CC3)c(F)c2)C(=O)O1. The van der Waals surface area contributed by atoms with Gasteiger partial charge in [-0.1, -0.05) is 23.4 Å². The molecule has 9 amide bonds. The first kappa shape index (κ1) is 63.1. The number of carbonyl (C=O) groups is 9. The number of anilines is 2. The summed E-state index contributed by atoms with van der Waals surface area (Å²) in [7, 11) is 0. The van der Waals surface area contributed by atoms with E-state index >= 15 is 4.39 Å². The molecule has 3 heterocycles. The highest BCUT2D eigenvalue weighted by molar-refractivity contribution is 6.02. The zero-order chi connectivity index (χ0) is 62.0. The third-order valence-corrected chi connectivity index (χ3v) is 13.2. The number of amides is 9. The average molecular weight is 1200 g/mol. The monoisotopic (exact) mass is 1200 g/mol. The fraction of sp³-hybridized carbons (Fsp3) is 0.352. The summed E-state index contributed by atoms with van der Waals surface area (Å²) in [6.45, 7) is 0.807. The third-order valence-electron chi connectivity index (χ3n) is 13.2. The van der Waals surface area contributed by atoms with Gasteiger partial charge in [0.1, 0.15) is 36.3 Å². The molecule has 5 aromatic rings. The topological polar surface area (TPSA) is 427 Å². The molecule has 1 aromatic heterocycles. The van der Waals surface area contributed by atoms with Crippen molar-refractivity contribution in [3.8, 4) is 34.5 Å². The summed E-state index contributed by atoms with van der Waals surface area (Å²) in [5.74, 6) is -11.5. The number of hydrogen-bond acceptors (Lipinski definition) is 21. The predicted molar refractivity (Wildman–Crippen MR) is 295 cm³/mol. The van der Waals surface area contributed by atoms with Crippen LogP contribution >= 0.6 is 0 Å². The van der Waals surface area contributed by atoms with Crippen LogP contribution in [0.5, 0.6) is 34.5 Å². The Labute approximate surface area is 488 Å². The minimum atomic E-state index is -1.72. The first-order chi connectivity index (χ1) is 41.2. The fourth-order valence-corrected chi connectivity index (χ4v) is 8.57. The van der Waals surface area contributed by atoms with Crippen LogP contribution < -0.4 is 47.0 Å². The second kappa shape index (κ2) is 29.7. The second-order valence-electron chi connectivity index (χ2n) is 19.2. The molecule has 86 heavy (non-hydrogen) atoms. The molecule has 3 atom stereocenters. The van der Waals surface area contributed by atoms with E-state index in [2.05, 4.69) is 47.5 Å². The maximum Gasteiger partial charge on any atom is 0.414 e. The molecule has 0 aliphatic carbocycles. The summed E-state index contributed by atoms with van der Waals surface area (Å²) in [6, 6.07) is 11.5. The number of hydrogen-bond donors (Lipinski definition) is 13. The normalized spacial score (nSPS) is 14.5. The van der Waals surface area contributed by atoms with Gasteiger partial charge in [0.25, 0.3) is 17.7 Å². The number of nitrogens with zero attached hydrogens (tertiary/aromatic N) is 6. The van der Waals surface area contributed by atoms with Crippen molar-refractivity contribution < 1.29 is 92.4 Å². The number of aromatic nitrogens is 3. The van der Waals surface area contributed by atoms with E-state index < -0.39 is 131 Å². The lowest BCUT2D eigenvalue weighted by molar-refractivity contribution is -0.137. The predicted octanol–water partition coefficient (Wildman–Crippen LogP) is -1.63. The number of piperazine rings is 1.